The molecule has 0 spiro atoms. The molecule has 2 heterocycles. The van der Waals surface area contributed by atoms with Crippen LogP contribution in [0.2, 0.25) is 0 Å². The van der Waals surface area contributed by atoms with Gasteiger partial charge in [0.2, 0.25) is 0 Å². The number of aliphatic hydroxyl groups is 3. The molecule has 1 fully saturated rings. The Bertz CT molecular complexity index is 497. The van der Waals surface area contributed by atoms with Crippen molar-refractivity contribution in [2.75, 3.05) is 34.4 Å². The third kappa shape index (κ3) is 2.56. The number of likely N-dealkylation sites (N-methyl/N-ethyl adjacent to an activating group) is 2. The van der Waals surface area contributed by atoms with Gasteiger partial charge in [-0.05, 0) is 6.72 Å². The molecule has 0 saturated carbocycles. The highest BCUT2D eigenvalue weighted by molar-refractivity contribution is 5.94. The van der Waals surface area contributed by atoms with E-state index in [4.69, 9.17) is 9.84 Å². The number of aliphatic imine (C=N–C) groups is 1. The number of hydrogen-bond acceptors (Lipinski definition) is 8. The van der Waals surface area contributed by atoms with E-state index >= 15 is 0 Å². The standard InChI is InChI=1S/C13H22N4O5/c1-14-8-11(15(2)6-16(3)12(8)21)17(4)13-10(20)9(19)7(5-18)22-13/h7,9-10,13,18-20H,1,5-6H2,2-4H3/t7-,9-,10-,13-/m1/s1. The van der Waals surface area contributed by atoms with Crippen LogP contribution < -0.4 is 0 Å². The molecule has 0 aromatic heterocycles. The minimum absolute atomic E-state index is 0.136. The van der Waals surface area contributed by atoms with E-state index in [0.29, 0.717) is 12.5 Å². The molecule has 0 aromatic carbocycles. The summed E-state index contributed by atoms with van der Waals surface area (Å²) in [6.45, 7) is 3.36. The van der Waals surface area contributed by atoms with E-state index in [1.165, 1.54) is 9.80 Å². The topological polar surface area (TPSA) is 109 Å². The van der Waals surface area contributed by atoms with Crippen molar-refractivity contribution in [3.05, 3.63) is 11.5 Å². The van der Waals surface area contributed by atoms with Gasteiger partial charge in [0.05, 0.1) is 13.3 Å². The smallest absolute Gasteiger partial charge is 0.277 e. The summed E-state index contributed by atoms with van der Waals surface area (Å²) in [5, 5.41) is 29.1. The van der Waals surface area contributed by atoms with Gasteiger partial charge in [0, 0.05) is 21.1 Å². The molecule has 2 rings (SSSR count). The predicted octanol–water partition coefficient (Wildman–Crippen LogP) is -2.41. The van der Waals surface area contributed by atoms with Crippen molar-refractivity contribution < 1.29 is 24.9 Å². The van der Waals surface area contributed by atoms with Crippen molar-refractivity contribution in [3.63, 3.8) is 0 Å². The Kier molecular flexibility index (Phi) is 4.71. The first-order valence-electron chi connectivity index (χ1n) is 6.86. The van der Waals surface area contributed by atoms with Gasteiger partial charge in [-0.2, -0.15) is 0 Å². The summed E-state index contributed by atoms with van der Waals surface area (Å²) >= 11 is 0. The maximum absolute atomic E-state index is 12.2. The van der Waals surface area contributed by atoms with E-state index in [1.54, 1.807) is 26.0 Å². The van der Waals surface area contributed by atoms with Crippen LogP contribution in [-0.4, -0.2) is 102 Å². The minimum Gasteiger partial charge on any atom is -0.394 e. The average Bonchev–Trinajstić information content (AvgIpc) is 2.77. The first-order chi connectivity index (χ1) is 10.3. The van der Waals surface area contributed by atoms with Crippen molar-refractivity contribution in [1.29, 1.82) is 0 Å². The second-order valence-electron chi connectivity index (χ2n) is 5.51. The molecule has 0 bridgehead atoms. The SMILES string of the molecule is C=NC1=C(N(C)[C@@H]2O[C@H](CO)[C@@H](O)[C@H]2O)N(C)CN(C)C1=O. The monoisotopic (exact) mass is 314 g/mol. The fraction of sp³-hybridized carbons (Fsp3) is 0.692. The van der Waals surface area contributed by atoms with Gasteiger partial charge in [-0.1, -0.05) is 0 Å². The summed E-state index contributed by atoms with van der Waals surface area (Å²) in [6, 6.07) is 0. The number of hydrogen-bond donors (Lipinski definition) is 3. The molecule has 3 N–H and O–H groups in total. The second-order valence-corrected chi connectivity index (χ2v) is 5.51. The summed E-state index contributed by atoms with van der Waals surface area (Å²) in [5.41, 5.74) is 0.136. The number of carbonyl (C=O) groups is 1. The van der Waals surface area contributed by atoms with Crippen LogP contribution in [0.3, 0.4) is 0 Å². The van der Waals surface area contributed by atoms with E-state index in [-0.39, 0.29) is 11.6 Å². The first kappa shape index (κ1) is 16.7. The van der Waals surface area contributed by atoms with E-state index in [1.807, 2.05) is 0 Å². The first-order valence-corrected chi connectivity index (χ1v) is 6.86. The third-order valence-corrected chi connectivity index (χ3v) is 3.94. The molecule has 1 saturated heterocycles. The van der Waals surface area contributed by atoms with Crippen molar-refractivity contribution in [2.24, 2.45) is 4.99 Å². The molecular formula is C13H22N4O5. The van der Waals surface area contributed by atoms with Crippen LogP contribution in [0.1, 0.15) is 0 Å². The molecule has 0 aromatic rings. The number of carbonyl (C=O) groups excluding carboxylic acids is 1. The lowest BCUT2D eigenvalue weighted by Crippen LogP contribution is -2.51. The molecule has 9 heteroatoms. The maximum atomic E-state index is 12.2. The quantitative estimate of drug-likeness (QED) is 0.496. The minimum atomic E-state index is -1.22. The zero-order valence-electron chi connectivity index (χ0n) is 12.9. The van der Waals surface area contributed by atoms with E-state index in [2.05, 4.69) is 11.7 Å². The van der Waals surface area contributed by atoms with Gasteiger partial charge in [0.1, 0.15) is 24.1 Å². The Hall–Kier alpha value is -1.68. The summed E-state index contributed by atoms with van der Waals surface area (Å²) in [7, 11) is 5.03. The van der Waals surface area contributed by atoms with E-state index in [0.717, 1.165) is 0 Å². The average molecular weight is 314 g/mol. The molecule has 2 aliphatic rings. The molecule has 0 unspecified atom stereocenters. The number of aliphatic hydroxyl groups excluding tert-OH is 3. The van der Waals surface area contributed by atoms with Crippen LogP contribution in [0.4, 0.5) is 0 Å². The second kappa shape index (κ2) is 6.21. The number of nitrogens with zero attached hydrogens (tertiary/aromatic N) is 4. The van der Waals surface area contributed by atoms with Crippen LogP contribution in [0, 0.1) is 0 Å². The fourth-order valence-corrected chi connectivity index (χ4v) is 2.80. The molecular weight excluding hydrogens is 292 g/mol. The maximum Gasteiger partial charge on any atom is 0.277 e. The van der Waals surface area contributed by atoms with Crippen molar-refractivity contribution in [3.8, 4) is 0 Å². The molecule has 2 aliphatic heterocycles. The van der Waals surface area contributed by atoms with Crippen LogP contribution >= 0.6 is 0 Å². The summed E-state index contributed by atoms with van der Waals surface area (Å²) in [5.74, 6) is 0.148. The normalized spacial score (nSPS) is 32.7. The van der Waals surface area contributed by atoms with Crippen LogP contribution in [-0.2, 0) is 9.53 Å². The van der Waals surface area contributed by atoms with E-state index in [9.17, 15) is 15.0 Å². The van der Waals surface area contributed by atoms with Crippen molar-refractivity contribution in [2.45, 2.75) is 24.5 Å². The van der Waals surface area contributed by atoms with Crippen LogP contribution in [0.15, 0.2) is 16.5 Å². The lowest BCUT2D eigenvalue weighted by atomic mass is 10.1. The molecule has 9 nitrogen and oxygen atoms in total. The third-order valence-electron chi connectivity index (χ3n) is 3.94. The summed E-state index contributed by atoms with van der Waals surface area (Å²) in [6.07, 6.45) is -4.21. The molecule has 4 atom stereocenters. The van der Waals surface area contributed by atoms with Gasteiger partial charge in [-0.3, -0.25) is 9.79 Å². The molecule has 1 amide bonds. The molecule has 0 aliphatic carbocycles. The zero-order chi connectivity index (χ0) is 16.6. The zero-order valence-corrected chi connectivity index (χ0v) is 12.9. The Labute approximate surface area is 128 Å². The largest absolute Gasteiger partial charge is 0.394 e. The lowest BCUT2D eigenvalue weighted by molar-refractivity contribution is -0.131. The van der Waals surface area contributed by atoms with Gasteiger partial charge in [-0.25, -0.2) is 0 Å². The van der Waals surface area contributed by atoms with Crippen LogP contribution in [0.5, 0.6) is 0 Å². The van der Waals surface area contributed by atoms with Crippen molar-refractivity contribution in [1.82, 2.24) is 14.7 Å². The van der Waals surface area contributed by atoms with Crippen LogP contribution in [0.25, 0.3) is 0 Å². The van der Waals surface area contributed by atoms with Gasteiger partial charge >= 0.3 is 0 Å². The fourth-order valence-electron chi connectivity index (χ4n) is 2.80. The molecule has 0 radical (unpaired) electrons. The van der Waals surface area contributed by atoms with Gasteiger partial charge in [0.15, 0.2) is 11.9 Å². The van der Waals surface area contributed by atoms with Gasteiger partial charge < -0.3 is 34.8 Å². The predicted molar refractivity (Wildman–Crippen MR) is 77.5 cm³/mol. The Morgan fingerprint density at radius 2 is 2.00 bits per heavy atom. The highest BCUT2D eigenvalue weighted by atomic mass is 16.6. The number of amides is 1. The van der Waals surface area contributed by atoms with Crippen molar-refractivity contribution >= 4 is 12.6 Å². The number of ether oxygens (including phenoxy) is 1. The Balaban J connectivity index is 2.34. The van der Waals surface area contributed by atoms with Gasteiger partial charge in [-0.15, -0.1) is 0 Å². The highest BCUT2D eigenvalue weighted by Crippen LogP contribution is 2.29. The Morgan fingerprint density at radius 1 is 1.36 bits per heavy atom. The van der Waals surface area contributed by atoms with E-state index < -0.39 is 31.1 Å². The lowest BCUT2D eigenvalue weighted by Gasteiger charge is -2.40. The number of rotatable bonds is 4. The molecule has 124 valence electrons. The van der Waals surface area contributed by atoms with Gasteiger partial charge in [0.25, 0.3) is 5.91 Å². The summed E-state index contributed by atoms with van der Waals surface area (Å²) in [4.78, 5) is 20.8. The highest BCUT2D eigenvalue weighted by Gasteiger charge is 2.46. The Morgan fingerprint density at radius 3 is 2.50 bits per heavy atom. The summed E-state index contributed by atoms with van der Waals surface area (Å²) < 4.78 is 5.48. The molecule has 22 heavy (non-hydrogen) atoms.